The maximum atomic E-state index is 12.3. The van der Waals surface area contributed by atoms with Crippen molar-refractivity contribution in [1.29, 1.82) is 0 Å². The van der Waals surface area contributed by atoms with Crippen LogP contribution in [0, 0.1) is 18.8 Å². The number of aryl methyl sites for hydroxylation is 1. The fraction of sp³-hybridized carbons (Fsp3) is 0.500. The van der Waals surface area contributed by atoms with Crippen molar-refractivity contribution in [2.45, 2.75) is 33.1 Å². The first-order valence-electron chi connectivity index (χ1n) is 7.30. The van der Waals surface area contributed by atoms with E-state index in [4.69, 9.17) is 9.84 Å². The fourth-order valence-electron chi connectivity index (χ4n) is 2.83. The van der Waals surface area contributed by atoms with Gasteiger partial charge in [-0.3, -0.25) is 9.59 Å². The predicted molar refractivity (Wildman–Crippen MR) is 79.4 cm³/mol. The first-order valence-corrected chi connectivity index (χ1v) is 7.30. The molecule has 0 heterocycles. The van der Waals surface area contributed by atoms with Crippen molar-refractivity contribution in [2.75, 3.05) is 11.9 Å². The van der Waals surface area contributed by atoms with Crippen LogP contribution in [0.2, 0.25) is 0 Å². The zero-order valence-electron chi connectivity index (χ0n) is 12.4. The van der Waals surface area contributed by atoms with Crippen molar-refractivity contribution in [3.8, 4) is 5.75 Å². The van der Waals surface area contributed by atoms with Gasteiger partial charge in [0.05, 0.1) is 18.4 Å². The number of rotatable bonds is 5. The lowest BCUT2D eigenvalue weighted by molar-refractivity contribution is -0.145. The highest BCUT2D eigenvalue weighted by Gasteiger charge is 2.37. The second kappa shape index (κ2) is 6.61. The van der Waals surface area contributed by atoms with Crippen LogP contribution < -0.4 is 10.1 Å². The van der Waals surface area contributed by atoms with Crippen molar-refractivity contribution in [3.63, 3.8) is 0 Å². The average Bonchev–Trinajstić information content (AvgIpc) is 2.91. The van der Waals surface area contributed by atoms with Crippen LogP contribution in [0.4, 0.5) is 5.69 Å². The van der Waals surface area contributed by atoms with Gasteiger partial charge in [-0.1, -0.05) is 6.42 Å². The van der Waals surface area contributed by atoms with Crippen molar-refractivity contribution in [3.05, 3.63) is 23.8 Å². The van der Waals surface area contributed by atoms with Crippen molar-refractivity contribution in [1.82, 2.24) is 0 Å². The molecule has 1 aromatic carbocycles. The molecular formula is C16H21NO4. The quantitative estimate of drug-likeness (QED) is 0.874. The molecule has 0 bridgehead atoms. The molecule has 114 valence electrons. The number of carboxylic acid groups (broad SMARTS) is 1. The van der Waals surface area contributed by atoms with E-state index in [1.54, 1.807) is 12.1 Å². The highest BCUT2D eigenvalue weighted by Crippen LogP contribution is 2.33. The molecule has 1 saturated carbocycles. The van der Waals surface area contributed by atoms with Crippen LogP contribution >= 0.6 is 0 Å². The Morgan fingerprint density at radius 1 is 1.33 bits per heavy atom. The summed E-state index contributed by atoms with van der Waals surface area (Å²) in [5, 5.41) is 12.0. The maximum Gasteiger partial charge on any atom is 0.307 e. The molecule has 0 spiro atoms. The molecule has 1 aliphatic carbocycles. The number of hydrogen-bond donors (Lipinski definition) is 2. The Morgan fingerprint density at radius 3 is 2.67 bits per heavy atom. The molecule has 0 radical (unpaired) electrons. The summed E-state index contributed by atoms with van der Waals surface area (Å²) >= 11 is 0. The third-order valence-corrected chi connectivity index (χ3v) is 3.94. The Bertz CT molecular complexity index is 541. The Morgan fingerprint density at radius 2 is 2.05 bits per heavy atom. The SMILES string of the molecule is CCOc1ccc(NC(=O)[C@@H]2CCC[C@@H]2C(=O)O)c(C)c1. The number of anilines is 1. The number of ether oxygens (including phenoxy) is 1. The van der Waals surface area contributed by atoms with Gasteiger partial charge in [-0.2, -0.15) is 0 Å². The van der Waals surface area contributed by atoms with E-state index in [2.05, 4.69) is 5.32 Å². The summed E-state index contributed by atoms with van der Waals surface area (Å²) in [5.74, 6) is -1.32. The summed E-state index contributed by atoms with van der Waals surface area (Å²) < 4.78 is 5.40. The molecule has 2 atom stereocenters. The van der Waals surface area contributed by atoms with Gasteiger partial charge in [0.25, 0.3) is 0 Å². The Balaban J connectivity index is 2.07. The van der Waals surface area contributed by atoms with Crippen LogP contribution in [0.1, 0.15) is 31.7 Å². The number of carbonyl (C=O) groups is 2. The van der Waals surface area contributed by atoms with E-state index >= 15 is 0 Å². The van der Waals surface area contributed by atoms with Crippen molar-refractivity contribution >= 4 is 17.6 Å². The highest BCUT2D eigenvalue weighted by atomic mass is 16.5. The van der Waals surface area contributed by atoms with Crippen LogP contribution in [0.25, 0.3) is 0 Å². The minimum atomic E-state index is -0.879. The molecule has 21 heavy (non-hydrogen) atoms. The van der Waals surface area contributed by atoms with Crippen molar-refractivity contribution < 1.29 is 19.4 Å². The average molecular weight is 291 g/mol. The second-order valence-corrected chi connectivity index (χ2v) is 5.38. The third kappa shape index (κ3) is 3.54. The first-order chi connectivity index (χ1) is 10.0. The minimum Gasteiger partial charge on any atom is -0.494 e. The normalized spacial score (nSPS) is 21.0. The summed E-state index contributed by atoms with van der Waals surface area (Å²) in [5.41, 5.74) is 1.61. The zero-order valence-corrected chi connectivity index (χ0v) is 12.4. The molecule has 1 aliphatic rings. The van der Waals surface area contributed by atoms with Crippen LogP contribution in [-0.4, -0.2) is 23.6 Å². The second-order valence-electron chi connectivity index (χ2n) is 5.38. The standard InChI is InChI=1S/C16H21NO4/c1-3-21-11-7-8-14(10(2)9-11)17-15(18)12-5-4-6-13(12)16(19)20/h7-9,12-13H,3-6H2,1-2H3,(H,17,18)(H,19,20)/t12-,13+/m1/s1. The monoisotopic (exact) mass is 291 g/mol. The van der Waals surface area contributed by atoms with E-state index in [-0.39, 0.29) is 5.91 Å². The van der Waals surface area contributed by atoms with E-state index in [1.165, 1.54) is 0 Å². The van der Waals surface area contributed by atoms with Crippen LogP contribution in [0.15, 0.2) is 18.2 Å². The summed E-state index contributed by atoms with van der Waals surface area (Å²) in [6.45, 7) is 4.39. The number of amides is 1. The first kappa shape index (κ1) is 15.4. The summed E-state index contributed by atoms with van der Waals surface area (Å²) in [7, 11) is 0. The lowest BCUT2D eigenvalue weighted by Gasteiger charge is -2.17. The maximum absolute atomic E-state index is 12.3. The van der Waals surface area contributed by atoms with E-state index in [0.717, 1.165) is 17.7 Å². The predicted octanol–water partition coefficient (Wildman–Crippen LogP) is 2.83. The van der Waals surface area contributed by atoms with Gasteiger partial charge in [0.15, 0.2) is 0 Å². The third-order valence-electron chi connectivity index (χ3n) is 3.94. The number of nitrogens with one attached hydrogen (secondary N) is 1. The smallest absolute Gasteiger partial charge is 0.307 e. The fourth-order valence-corrected chi connectivity index (χ4v) is 2.83. The highest BCUT2D eigenvalue weighted by molar-refractivity contribution is 5.96. The molecule has 0 aliphatic heterocycles. The number of hydrogen-bond acceptors (Lipinski definition) is 3. The van der Waals surface area contributed by atoms with Crippen LogP contribution in [0.3, 0.4) is 0 Å². The van der Waals surface area contributed by atoms with Crippen LogP contribution in [-0.2, 0) is 9.59 Å². The van der Waals surface area contributed by atoms with Gasteiger partial charge < -0.3 is 15.2 Å². The van der Waals surface area contributed by atoms with E-state index in [9.17, 15) is 9.59 Å². The van der Waals surface area contributed by atoms with Gasteiger partial charge in [0, 0.05) is 5.69 Å². The van der Waals surface area contributed by atoms with E-state index in [1.807, 2.05) is 19.9 Å². The number of carbonyl (C=O) groups excluding carboxylic acids is 1. The summed E-state index contributed by atoms with van der Waals surface area (Å²) in [6, 6.07) is 5.46. The molecule has 2 N–H and O–H groups in total. The molecule has 5 heteroatoms. The van der Waals surface area contributed by atoms with Crippen LogP contribution in [0.5, 0.6) is 5.75 Å². The summed E-state index contributed by atoms with van der Waals surface area (Å²) in [6.07, 6.45) is 2.01. The summed E-state index contributed by atoms with van der Waals surface area (Å²) in [4.78, 5) is 23.4. The van der Waals surface area contributed by atoms with E-state index in [0.29, 0.717) is 25.1 Å². The lowest BCUT2D eigenvalue weighted by atomic mass is 9.95. The molecule has 0 aromatic heterocycles. The Hall–Kier alpha value is -2.04. The lowest BCUT2D eigenvalue weighted by Crippen LogP contribution is -2.30. The molecule has 0 unspecified atom stereocenters. The molecular weight excluding hydrogens is 270 g/mol. The number of benzene rings is 1. The number of aliphatic carboxylic acids is 1. The van der Waals surface area contributed by atoms with Gasteiger partial charge in [-0.15, -0.1) is 0 Å². The molecule has 2 rings (SSSR count). The van der Waals surface area contributed by atoms with Gasteiger partial charge in [-0.05, 0) is 50.5 Å². The zero-order chi connectivity index (χ0) is 15.4. The Kier molecular flexibility index (Phi) is 4.83. The van der Waals surface area contributed by atoms with Gasteiger partial charge >= 0.3 is 5.97 Å². The van der Waals surface area contributed by atoms with Crippen molar-refractivity contribution in [2.24, 2.45) is 11.8 Å². The molecule has 5 nitrogen and oxygen atoms in total. The number of carboxylic acids is 1. The molecule has 0 saturated heterocycles. The van der Waals surface area contributed by atoms with Gasteiger partial charge in [-0.25, -0.2) is 0 Å². The largest absolute Gasteiger partial charge is 0.494 e. The molecule has 1 fully saturated rings. The topological polar surface area (TPSA) is 75.6 Å². The molecule has 1 amide bonds. The van der Waals surface area contributed by atoms with Gasteiger partial charge in [0.1, 0.15) is 5.75 Å². The van der Waals surface area contributed by atoms with Gasteiger partial charge in [0.2, 0.25) is 5.91 Å². The Labute approximate surface area is 124 Å². The minimum absolute atomic E-state index is 0.202. The molecule has 1 aromatic rings. The van der Waals surface area contributed by atoms with E-state index < -0.39 is 17.8 Å².